The maximum absolute atomic E-state index is 12.8. The minimum Gasteiger partial charge on any atom is -0.611 e. The standard InChI is InChI=1S/C15H17FO3S/c1-15(2)7-12(17)14(13(18)8-15)20(19)9-10-3-5-11(16)6-4-10/h3-6,17H,7-9H2,1-2H3. The van der Waals surface area contributed by atoms with Gasteiger partial charge in [0.1, 0.15) is 11.6 Å². The van der Waals surface area contributed by atoms with Crippen LogP contribution in [0.3, 0.4) is 0 Å². The zero-order valence-corrected chi connectivity index (χ0v) is 12.3. The molecule has 20 heavy (non-hydrogen) atoms. The van der Waals surface area contributed by atoms with Crippen LogP contribution in [0.4, 0.5) is 4.39 Å². The average Bonchev–Trinajstić information content (AvgIpc) is 2.29. The van der Waals surface area contributed by atoms with Gasteiger partial charge in [0.2, 0.25) is 10.7 Å². The number of carbonyl (C=O) groups is 1. The van der Waals surface area contributed by atoms with Gasteiger partial charge in [0, 0.05) is 18.4 Å². The Morgan fingerprint density at radius 2 is 1.90 bits per heavy atom. The summed E-state index contributed by atoms with van der Waals surface area (Å²) >= 11 is -1.60. The topological polar surface area (TPSA) is 60.4 Å². The number of Topliss-reactive ketones (excluding diaryl/α,β-unsaturated/α-hetero) is 1. The molecule has 2 rings (SSSR count). The molecular weight excluding hydrogens is 279 g/mol. The van der Waals surface area contributed by atoms with E-state index in [4.69, 9.17) is 0 Å². The Hall–Kier alpha value is -1.33. The molecule has 0 amide bonds. The lowest BCUT2D eigenvalue weighted by Crippen LogP contribution is -2.29. The highest BCUT2D eigenvalue weighted by atomic mass is 32.2. The molecule has 1 N–H and O–H groups in total. The van der Waals surface area contributed by atoms with Crippen LogP contribution >= 0.6 is 0 Å². The highest BCUT2D eigenvalue weighted by Crippen LogP contribution is 2.38. The normalized spacial score (nSPS) is 20.1. The van der Waals surface area contributed by atoms with Gasteiger partial charge in [-0.15, -0.1) is 0 Å². The molecule has 0 heterocycles. The van der Waals surface area contributed by atoms with E-state index < -0.39 is 11.2 Å². The molecule has 108 valence electrons. The van der Waals surface area contributed by atoms with E-state index >= 15 is 0 Å². The van der Waals surface area contributed by atoms with Crippen LogP contribution < -0.4 is 0 Å². The molecular formula is C15H17FO3S. The first-order chi connectivity index (χ1) is 9.28. The molecule has 0 aliphatic heterocycles. The van der Waals surface area contributed by atoms with Crippen molar-refractivity contribution < 1.29 is 18.8 Å². The number of ketones is 1. The lowest BCUT2D eigenvalue weighted by atomic mass is 9.79. The second-order valence-electron chi connectivity index (χ2n) is 5.83. The molecule has 1 aromatic carbocycles. The fourth-order valence-corrected chi connectivity index (χ4v) is 3.64. The molecule has 0 saturated heterocycles. The Morgan fingerprint density at radius 3 is 2.45 bits per heavy atom. The van der Waals surface area contributed by atoms with Crippen LogP contribution in [-0.4, -0.2) is 15.4 Å². The van der Waals surface area contributed by atoms with Crippen molar-refractivity contribution in [1.82, 2.24) is 0 Å². The summed E-state index contributed by atoms with van der Waals surface area (Å²) in [5.74, 6) is -0.603. The third kappa shape index (κ3) is 3.41. The molecule has 0 saturated carbocycles. The quantitative estimate of drug-likeness (QED) is 0.871. The van der Waals surface area contributed by atoms with E-state index in [1.807, 2.05) is 13.8 Å². The van der Waals surface area contributed by atoms with Crippen LogP contribution in [0.15, 0.2) is 34.9 Å². The summed E-state index contributed by atoms with van der Waals surface area (Å²) in [5, 5.41) is 9.97. The van der Waals surface area contributed by atoms with Gasteiger partial charge in [-0.05, 0) is 28.7 Å². The summed E-state index contributed by atoms with van der Waals surface area (Å²) in [6, 6.07) is 5.63. The lowest BCUT2D eigenvalue weighted by Gasteiger charge is -2.29. The predicted molar refractivity (Wildman–Crippen MR) is 75.9 cm³/mol. The van der Waals surface area contributed by atoms with Crippen LogP contribution in [0.1, 0.15) is 32.3 Å². The fourth-order valence-electron chi connectivity index (χ4n) is 2.33. The molecule has 3 nitrogen and oxygen atoms in total. The van der Waals surface area contributed by atoms with E-state index in [9.17, 15) is 18.8 Å². The lowest BCUT2D eigenvalue weighted by molar-refractivity contribution is -0.117. The summed E-state index contributed by atoms with van der Waals surface area (Å²) < 4.78 is 25.1. The smallest absolute Gasteiger partial charge is 0.233 e. The van der Waals surface area contributed by atoms with Crippen molar-refractivity contribution in [2.24, 2.45) is 5.41 Å². The highest BCUT2D eigenvalue weighted by Gasteiger charge is 2.39. The Balaban J connectivity index is 2.18. The van der Waals surface area contributed by atoms with Gasteiger partial charge in [0.15, 0.2) is 5.76 Å². The number of hydrogen-bond donors (Lipinski definition) is 1. The van der Waals surface area contributed by atoms with Crippen LogP contribution in [0, 0.1) is 11.2 Å². The van der Waals surface area contributed by atoms with Gasteiger partial charge in [-0.1, -0.05) is 26.0 Å². The number of benzene rings is 1. The van der Waals surface area contributed by atoms with Crippen molar-refractivity contribution in [1.29, 1.82) is 0 Å². The minimum absolute atomic E-state index is 0.0219. The third-order valence-electron chi connectivity index (χ3n) is 3.24. The van der Waals surface area contributed by atoms with Crippen molar-refractivity contribution in [3.05, 3.63) is 46.3 Å². The second kappa shape index (κ2) is 5.58. The summed E-state index contributed by atoms with van der Waals surface area (Å²) in [4.78, 5) is 12.1. The number of rotatable bonds is 3. The fraction of sp³-hybridized carbons (Fsp3) is 0.400. The van der Waals surface area contributed by atoms with Crippen molar-refractivity contribution >= 4 is 17.0 Å². The van der Waals surface area contributed by atoms with Crippen molar-refractivity contribution in [3.63, 3.8) is 0 Å². The Kier molecular flexibility index (Phi) is 4.20. The van der Waals surface area contributed by atoms with Crippen LogP contribution in [-0.2, 0) is 21.7 Å². The van der Waals surface area contributed by atoms with E-state index in [0.29, 0.717) is 12.0 Å². The zero-order chi connectivity index (χ0) is 14.9. The van der Waals surface area contributed by atoms with E-state index in [-0.39, 0.29) is 39.9 Å². The number of allylic oxidation sites excluding steroid dienone is 2. The van der Waals surface area contributed by atoms with Gasteiger partial charge in [0.25, 0.3) is 0 Å². The Labute approximate surface area is 120 Å². The van der Waals surface area contributed by atoms with Gasteiger partial charge in [-0.25, -0.2) is 4.39 Å². The molecule has 0 bridgehead atoms. The SMILES string of the molecule is CC1(C)CC(=O)C([S+]([O-])Cc2ccc(F)cc2)=C(O)C1. The number of aliphatic hydroxyl groups excluding tert-OH is 1. The van der Waals surface area contributed by atoms with Crippen molar-refractivity contribution in [2.75, 3.05) is 0 Å². The predicted octanol–water partition coefficient (Wildman–Crippen LogP) is 3.23. The molecule has 1 aromatic rings. The molecule has 0 fully saturated rings. The number of halogens is 1. The molecule has 1 aliphatic rings. The number of carbonyl (C=O) groups excluding carboxylic acids is 1. The first-order valence-corrected chi connectivity index (χ1v) is 7.68. The molecule has 5 heteroatoms. The summed E-state index contributed by atoms with van der Waals surface area (Å²) in [7, 11) is 0. The van der Waals surface area contributed by atoms with Gasteiger partial charge < -0.3 is 9.66 Å². The van der Waals surface area contributed by atoms with Gasteiger partial charge in [0.05, 0.1) is 0 Å². The number of aliphatic hydroxyl groups is 1. The molecule has 1 atom stereocenters. The molecule has 1 unspecified atom stereocenters. The monoisotopic (exact) mass is 296 g/mol. The minimum atomic E-state index is -1.60. The van der Waals surface area contributed by atoms with Gasteiger partial charge in [-0.2, -0.15) is 0 Å². The van der Waals surface area contributed by atoms with Crippen molar-refractivity contribution in [3.8, 4) is 0 Å². The molecule has 1 aliphatic carbocycles. The first-order valence-electron chi connectivity index (χ1n) is 6.37. The Bertz CT molecular complexity index is 549. The third-order valence-corrected chi connectivity index (χ3v) is 4.75. The summed E-state index contributed by atoms with van der Waals surface area (Å²) in [6.45, 7) is 3.78. The first kappa shape index (κ1) is 15.1. The van der Waals surface area contributed by atoms with E-state index in [0.717, 1.165) is 0 Å². The van der Waals surface area contributed by atoms with Crippen LogP contribution in [0.2, 0.25) is 0 Å². The highest BCUT2D eigenvalue weighted by molar-refractivity contribution is 7.95. The largest absolute Gasteiger partial charge is 0.611 e. The maximum atomic E-state index is 12.8. The van der Waals surface area contributed by atoms with Gasteiger partial charge in [-0.3, -0.25) is 4.79 Å². The Morgan fingerprint density at radius 1 is 1.30 bits per heavy atom. The number of hydrogen-bond acceptors (Lipinski definition) is 3. The molecule has 0 aromatic heterocycles. The van der Waals surface area contributed by atoms with E-state index in [2.05, 4.69) is 0 Å². The van der Waals surface area contributed by atoms with E-state index in [1.54, 1.807) is 0 Å². The van der Waals surface area contributed by atoms with Crippen LogP contribution in [0.5, 0.6) is 0 Å². The van der Waals surface area contributed by atoms with Crippen molar-refractivity contribution in [2.45, 2.75) is 32.4 Å². The molecule has 0 spiro atoms. The summed E-state index contributed by atoms with van der Waals surface area (Å²) in [6.07, 6.45) is 0.630. The maximum Gasteiger partial charge on any atom is 0.233 e. The van der Waals surface area contributed by atoms with E-state index in [1.165, 1.54) is 24.3 Å². The average molecular weight is 296 g/mol. The van der Waals surface area contributed by atoms with Crippen LogP contribution in [0.25, 0.3) is 0 Å². The molecule has 0 radical (unpaired) electrons. The van der Waals surface area contributed by atoms with Gasteiger partial charge >= 0.3 is 0 Å². The summed E-state index contributed by atoms with van der Waals surface area (Å²) in [5.41, 5.74) is 0.368. The second-order valence-corrected chi connectivity index (χ2v) is 7.22. The zero-order valence-electron chi connectivity index (χ0n) is 11.5.